The molecule has 1 N–H and O–H groups in total. The standard InChI is InChI=1S/C25H37N3O2/c29-24(26-22-14-6-2-7-15-22)21-13-10-18-28(19-21)23(20-11-4-1-5-12-20)25(30)27-16-8-3-9-17-27/h1,4-5,11-12,21-23H,2-3,6-10,13-19H2,(H,26,29). The van der Waals surface area contributed by atoms with Crippen LogP contribution in [0.1, 0.15) is 75.8 Å². The van der Waals surface area contributed by atoms with Gasteiger partial charge in [-0.3, -0.25) is 14.5 Å². The van der Waals surface area contributed by atoms with Gasteiger partial charge in [-0.15, -0.1) is 0 Å². The first-order chi connectivity index (χ1) is 14.7. The molecule has 164 valence electrons. The lowest BCUT2D eigenvalue weighted by Crippen LogP contribution is -2.51. The van der Waals surface area contributed by atoms with Crippen LogP contribution in [0.3, 0.4) is 0 Å². The van der Waals surface area contributed by atoms with Gasteiger partial charge in [0.05, 0.1) is 5.92 Å². The Morgan fingerprint density at radius 3 is 2.27 bits per heavy atom. The highest BCUT2D eigenvalue weighted by Crippen LogP contribution is 2.30. The van der Waals surface area contributed by atoms with Crippen molar-refractivity contribution in [2.24, 2.45) is 5.92 Å². The molecular formula is C25H37N3O2. The zero-order valence-electron chi connectivity index (χ0n) is 18.2. The van der Waals surface area contributed by atoms with Crippen LogP contribution in [-0.4, -0.2) is 53.8 Å². The van der Waals surface area contributed by atoms with Crippen LogP contribution < -0.4 is 5.32 Å². The zero-order valence-corrected chi connectivity index (χ0v) is 18.2. The summed E-state index contributed by atoms with van der Waals surface area (Å²) in [4.78, 5) is 30.9. The van der Waals surface area contributed by atoms with Crippen molar-refractivity contribution in [3.05, 3.63) is 35.9 Å². The highest BCUT2D eigenvalue weighted by Gasteiger charge is 2.36. The Morgan fingerprint density at radius 1 is 0.833 bits per heavy atom. The Hall–Kier alpha value is -1.88. The topological polar surface area (TPSA) is 52.7 Å². The number of carbonyl (C=O) groups is 2. The Balaban J connectivity index is 1.47. The van der Waals surface area contributed by atoms with E-state index in [1.807, 2.05) is 23.1 Å². The molecule has 0 bridgehead atoms. The van der Waals surface area contributed by atoms with E-state index in [0.717, 1.165) is 63.7 Å². The molecule has 4 rings (SSSR count). The predicted molar refractivity (Wildman–Crippen MR) is 119 cm³/mol. The maximum absolute atomic E-state index is 13.6. The molecule has 3 fully saturated rings. The third kappa shape index (κ3) is 5.23. The largest absolute Gasteiger partial charge is 0.353 e. The van der Waals surface area contributed by atoms with Crippen LogP contribution in [0.15, 0.2) is 30.3 Å². The molecule has 0 aromatic heterocycles. The average Bonchev–Trinajstić information content (AvgIpc) is 2.81. The summed E-state index contributed by atoms with van der Waals surface area (Å²) in [6.07, 6.45) is 11.3. The number of nitrogens with one attached hydrogen (secondary N) is 1. The first-order valence-electron chi connectivity index (χ1n) is 12.1. The van der Waals surface area contributed by atoms with E-state index in [-0.39, 0.29) is 23.8 Å². The van der Waals surface area contributed by atoms with Gasteiger partial charge >= 0.3 is 0 Å². The van der Waals surface area contributed by atoms with Gasteiger partial charge < -0.3 is 10.2 Å². The quantitative estimate of drug-likeness (QED) is 0.799. The molecule has 2 amide bonds. The third-order valence-corrected chi connectivity index (χ3v) is 7.16. The summed E-state index contributed by atoms with van der Waals surface area (Å²) < 4.78 is 0. The number of benzene rings is 1. The maximum Gasteiger partial charge on any atom is 0.244 e. The summed E-state index contributed by atoms with van der Waals surface area (Å²) in [6.45, 7) is 3.28. The molecule has 1 aromatic carbocycles. The second kappa shape index (κ2) is 10.4. The Morgan fingerprint density at radius 2 is 1.53 bits per heavy atom. The molecule has 1 aliphatic carbocycles. The molecule has 5 heteroatoms. The first kappa shape index (κ1) is 21.4. The smallest absolute Gasteiger partial charge is 0.244 e. The van der Waals surface area contributed by atoms with Crippen molar-refractivity contribution in [2.75, 3.05) is 26.2 Å². The average molecular weight is 412 g/mol. The van der Waals surface area contributed by atoms with Crippen molar-refractivity contribution in [1.82, 2.24) is 15.1 Å². The minimum atomic E-state index is -0.269. The highest BCUT2D eigenvalue weighted by molar-refractivity contribution is 5.84. The summed E-state index contributed by atoms with van der Waals surface area (Å²) >= 11 is 0. The molecule has 0 spiro atoms. The Kier molecular flexibility index (Phi) is 7.42. The monoisotopic (exact) mass is 411 g/mol. The molecule has 1 saturated carbocycles. The van der Waals surface area contributed by atoms with Gasteiger partial charge in [0, 0.05) is 25.7 Å². The van der Waals surface area contributed by atoms with Gasteiger partial charge in [-0.25, -0.2) is 0 Å². The molecule has 2 heterocycles. The van der Waals surface area contributed by atoms with E-state index in [2.05, 4.69) is 22.3 Å². The van der Waals surface area contributed by atoms with Crippen LogP contribution in [0, 0.1) is 5.92 Å². The normalized spacial score (nSPS) is 24.9. The number of amides is 2. The minimum absolute atomic E-state index is 0.0129. The highest BCUT2D eigenvalue weighted by atomic mass is 16.2. The first-order valence-corrected chi connectivity index (χ1v) is 12.1. The summed E-state index contributed by atoms with van der Waals surface area (Å²) in [5.41, 5.74) is 1.06. The minimum Gasteiger partial charge on any atom is -0.353 e. The van der Waals surface area contributed by atoms with Gasteiger partial charge in [-0.05, 0) is 57.1 Å². The molecule has 1 aromatic rings. The molecule has 3 aliphatic rings. The number of rotatable bonds is 5. The van der Waals surface area contributed by atoms with Crippen LogP contribution >= 0.6 is 0 Å². The second-order valence-electron chi connectivity index (χ2n) is 9.38. The molecular weight excluding hydrogens is 374 g/mol. The van der Waals surface area contributed by atoms with E-state index in [4.69, 9.17) is 0 Å². The second-order valence-corrected chi connectivity index (χ2v) is 9.38. The van der Waals surface area contributed by atoms with Crippen molar-refractivity contribution in [3.8, 4) is 0 Å². The van der Waals surface area contributed by atoms with Crippen molar-refractivity contribution in [1.29, 1.82) is 0 Å². The van der Waals surface area contributed by atoms with Gasteiger partial charge in [0.25, 0.3) is 0 Å². The summed E-state index contributed by atoms with van der Waals surface area (Å²) in [5.74, 6) is 0.402. The van der Waals surface area contributed by atoms with Gasteiger partial charge in [0.15, 0.2) is 0 Å². The van der Waals surface area contributed by atoms with Crippen molar-refractivity contribution in [3.63, 3.8) is 0 Å². The molecule has 2 atom stereocenters. The number of hydrogen-bond acceptors (Lipinski definition) is 3. The van der Waals surface area contributed by atoms with E-state index in [1.165, 1.54) is 25.7 Å². The summed E-state index contributed by atoms with van der Waals surface area (Å²) in [5, 5.41) is 3.32. The van der Waals surface area contributed by atoms with Crippen molar-refractivity contribution in [2.45, 2.75) is 76.3 Å². The number of likely N-dealkylation sites (tertiary alicyclic amines) is 2. The SMILES string of the molecule is O=C(NC1CCCCC1)C1CCCN(C(C(=O)N2CCCCC2)c2ccccc2)C1. The third-order valence-electron chi connectivity index (χ3n) is 7.16. The Bertz CT molecular complexity index is 696. The fraction of sp³-hybridized carbons (Fsp3) is 0.680. The van der Waals surface area contributed by atoms with Crippen LogP contribution in [0.2, 0.25) is 0 Å². The Labute approximate surface area is 181 Å². The van der Waals surface area contributed by atoms with Gasteiger partial charge in [0.1, 0.15) is 6.04 Å². The number of nitrogens with zero attached hydrogens (tertiary/aromatic N) is 2. The zero-order chi connectivity index (χ0) is 20.8. The summed E-state index contributed by atoms with van der Waals surface area (Å²) in [7, 11) is 0. The molecule has 2 aliphatic heterocycles. The van der Waals surface area contributed by atoms with E-state index in [1.54, 1.807) is 0 Å². The van der Waals surface area contributed by atoms with E-state index in [9.17, 15) is 9.59 Å². The van der Waals surface area contributed by atoms with Gasteiger partial charge in [0.2, 0.25) is 11.8 Å². The van der Waals surface area contributed by atoms with Gasteiger partial charge in [-0.2, -0.15) is 0 Å². The predicted octanol–water partition coefficient (Wildman–Crippen LogP) is 3.90. The lowest BCUT2D eigenvalue weighted by molar-refractivity contribution is -0.140. The summed E-state index contributed by atoms with van der Waals surface area (Å²) in [6, 6.07) is 10.3. The van der Waals surface area contributed by atoms with Crippen molar-refractivity contribution >= 4 is 11.8 Å². The van der Waals surface area contributed by atoms with E-state index < -0.39 is 0 Å². The fourth-order valence-electron chi connectivity index (χ4n) is 5.45. The van der Waals surface area contributed by atoms with Crippen LogP contribution in [-0.2, 0) is 9.59 Å². The van der Waals surface area contributed by atoms with Crippen LogP contribution in [0.5, 0.6) is 0 Å². The van der Waals surface area contributed by atoms with E-state index in [0.29, 0.717) is 12.6 Å². The van der Waals surface area contributed by atoms with Crippen LogP contribution in [0.25, 0.3) is 0 Å². The lowest BCUT2D eigenvalue weighted by atomic mass is 9.91. The molecule has 30 heavy (non-hydrogen) atoms. The number of carbonyl (C=O) groups excluding carboxylic acids is 2. The van der Waals surface area contributed by atoms with Crippen molar-refractivity contribution < 1.29 is 9.59 Å². The number of hydrogen-bond donors (Lipinski definition) is 1. The lowest BCUT2D eigenvalue weighted by Gasteiger charge is -2.40. The molecule has 0 radical (unpaired) electrons. The fourth-order valence-corrected chi connectivity index (χ4v) is 5.45. The molecule has 2 unspecified atom stereocenters. The van der Waals surface area contributed by atoms with E-state index >= 15 is 0 Å². The van der Waals surface area contributed by atoms with Crippen LogP contribution in [0.4, 0.5) is 0 Å². The molecule has 5 nitrogen and oxygen atoms in total. The maximum atomic E-state index is 13.6. The number of piperidine rings is 2. The van der Waals surface area contributed by atoms with Gasteiger partial charge in [-0.1, -0.05) is 49.6 Å². The molecule has 2 saturated heterocycles.